The normalized spacial score (nSPS) is 16.2. The maximum absolute atomic E-state index is 13.1. The molecule has 6 nitrogen and oxygen atoms in total. The summed E-state index contributed by atoms with van der Waals surface area (Å²) in [6.45, 7) is 6.48. The van der Waals surface area contributed by atoms with Gasteiger partial charge < -0.3 is 9.84 Å². The Morgan fingerprint density at radius 2 is 1.80 bits per heavy atom. The predicted molar refractivity (Wildman–Crippen MR) is 115 cm³/mol. The summed E-state index contributed by atoms with van der Waals surface area (Å²) in [6.07, 6.45) is 8.14. The zero-order valence-electron chi connectivity index (χ0n) is 17.8. The van der Waals surface area contributed by atoms with Crippen LogP contribution in [0.3, 0.4) is 0 Å². The molecule has 1 aliphatic carbocycles. The molecule has 1 amide bonds. The zero-order chi connectivity index (χ0) is 21.2. The number of hydrogen-bond acceptors (Lipinski definition) is 5. The quantitative estimate of drug-likeness (QED) is 0.660. The van der Waals surface area contributed by atoms with Crippen molar-refractivity contribution in [3.05, 3.63) is 65.8 Å². The first kappa shape index (κ1) is 20.3. The molecule has 0 atom stereocenters. The second-order valence-corrected chi connectivity index (χ2v) is 9.09. The second-order valence-electron chi connectivity index (χ2n) is 9.09. The van der Waals surface area contributed by atoms with E-state index in [2.05, 4.69) is 41.2 Å². The highest BCUT2D eigenvalue weighted by molar-refractivity contribution is 5.94. The first-order valence-corrected chi connectivity index (χ1v) is 10.6. The van der Waals surface area contributed by atoms with E-state index in [1.807, 2.05) is 36.4 Å². The lowest BCUT2D eigenvalue weighted by Gasteiger charge is -2.34. The van der Waals surface area contributed by atoms with Crippen molar-refractivity contribution in [1.82, 2.24) is 20.4 Å². The lowest BCUT2D eigenvalue weighted by molar-refractivity contribution is 0.0824. The van der Waals surface area contributed by atoms with Gasteiger partial charge in [-0.15, -0.1) is 0 Å². The van der Waals surface area contributed by atoms with Gasteiger partial charge in [0.25, 0.3) is 11.8 Å². The van der Waals surface area contributed by atoms with Gasteiger partial charge in [0, 0.05) is 23.5 Å². The molecule has 1 fully saturated rings. The predicted octanol–water partition coefficient (Wildman–Crippen LogP) is 5.02. The van der Waals surface area contributed by atoms with Crippen LogP contribution in [0.5, 0.6) is 0 Å². The van der Waals surface area contributed by atoms with Gasteiger partial charge in [-0.25, -0.2) is 0 Å². The van der Waals surface area contributed by atoms with E-state index in [1.54, 1.807) is 12.4 Å². The number of carbonyl (C=O) groups is 1. The van der Waals surface area contributed by atoms with Crippen molar-refractivity contribution < 1.29 is 9.32 Å². The minimum Gasteiger partial charge on any atom is -0.338 e. The van der Waals surface area contributed by atoms with Crippen LogP contribution in [-0.4, -0.2) is 21.0 Å². The number of rotatable bonds is 4. The van der Waals surface area contributed by atoms with E-state index in [1.165, 1.54) is 5.56 Å². The van der Waals surface area contributed by atoms with Crippen LogP contribution < -0.4 is 5.32 Å². The molecule has 1 aromatic carbocycles. The van der Waals surface area contributed by atoms with Gasteiger partial charge >= 0.3 is 0 Å². The fourth-order valence-corrected chi connectivity index (χ4v) is 3.99. The number of benzene rings is 1. The summed E-state index contributed by atoms with van der Waals surface area (Å²) in [7, 11) is 0. The molecule has 4 rings (SSSR count). The van der Waals surface area contributed by atoms with Gasteiger partial charge in [0.05, 0.1) is 0 Å². The van der Waals surface area contributed by atoms with E-state index in [4.69, 9.17) is 4.52 Å². The van der Waals surface area contributed by atoms with Gasteiger partial charge in [-0.3, -0.25) is 9.78 Å². The molecular formula is C24H28N4O2. The van der Waals surface area contributed by atoms with Gasteiger partial charge in [-0.2, -0.15) is 4.98 Å². The van der Waals surface area contributed by atoms with Crippen LogP contribution in [-0.2, 0) is 11.0 Å². The molecule has 1 saturated carbocycles. The van der Waals surface area contributed by atoms with Crippen molar-refractivity contribution in [2.24, 2.45) is 0 Å². The minimum atomic E-state index is -0.633. The average molecular weight is 405 g/mol. The molecule has 6 heteroatoms. The second kappa shape index (κ2) is 8.01. The van der Waals surface area contributed by atoms with E-state index < -0.39 is 5.54 Å². The Bertz CT molecular complexity index is 998. The molecule has 0 radical (unpaired) electrons. The number of nitrogens with one attached hydrogen (secondary N) is 1. The van der Waals surface area contributed by atoms with Crippen LogP contribution in [0.1, 0.15) is 74.7 Å². The van der Waals surface area contributed by atoms with E-state index in [9.17, 15) is 4.79 Å². The third-order valence-corrected chi connectivity index (χ3v) is 5.83. The van der Waals surface area contributed by atoms with Crippen LogP contribution in [0.25, 0.3) is 11.4 Å². The highest BCUT2D eigenvalue weighted by Crippen LogP contribution is 2.37. The first-order valence-electron chi connectivity index (χ1n) is 10.6. The molecule has 0 unspecified atom stereocenters. The van der Waals surface area contributed by atoms with Crippen molar-refractivity contribution in [1.29, 1.82) is 0 Å². The van der Waals surface area contributed by atoms with E-state index in [0.29, 0.717) is 17.3 Å². The fourth-order valence-electron chi connectivity index (χ4n) is 3.99. The molecule has 0 spiro atoms. The summed E-state index contributed by atoms with van der Waals surface area (Å²) in [4.78, 5) is 21.9. The molecule has 1 aliphatic rings. The van der Waals surface area contributed by atoms with Crippen LogP contribution in [0.2, 0.25) is 0 Å². The van der Waals surface area contributed by atoms with Crippen molar-refractivity contribution in [2.45, 2.75) is 63.8 Å². The lowest BCUT2D eigenvalue weighted by atomic mass is 9.81. The van der Waals surface area contributed by atoms with Crippen LogP contribution in [0.4, 0.5) is 0 Å². The monoisotopic (exact) mass is 404 g/mol. The molecule has 1 N–H and O–H groups in total. The van der Waals surface area contributed by atoms with Gasteiger partial charge in [-0.1, -0.05) is 57.3 Å². The molecule has 0 saturated heterocycles. The Balaban J connectivity index is 1.60. The molecule has 156 valence electrons. The van der Waals surface area contributed by atoms with Crippen LogP contribution in [0.15, 0.2) is 53.3 Å². The number of nitrogens with zero attached hydrogens (tertiary/aromatic N) is 3. The van der Waals surface area contributed by atoms with Crippen molar-refractivity contribution in [2.75, 3.05) is 0 Å². The van der Waals surface area contributed by atoms with Gasteiger partial charge in [-0.05, 0) is 48.1 Å². The Morgan fingerprint density at radius 1 is 1.07 bits per heavy atom. The molecule has 30 heavy (non-hydrogen) atoms. The van der Waals surface area contributed by atoms with Gasteiger partial charge in [0.15, 0.2) is 0 Å². The van der Waals surface area contributed by atoms with Crippen LogP contribution >= 0.6 is 0 Å². The van der Waals surface area contributed by atoms with Gasteiger partial charge in [0.2, 0.25) is 5.82 Å². The first-order chi connectivity index (χ1) is 14.4. The third-order valence-electron chi connectivity index (χ3n) is 5.83. The molecule has 0 bridgehead atoms. The SMILES string of the molecule is CC(C)(C)c1ccc(C(=O)NC2(c3nc(-c4cccnc4)no3)CCCCC2)cc1. The Labute approximate surface area is 177 Å². The average Bonchev–Trinajstić information content (AvgIpc) is 3.26. The highest BCUT2D eigenvalue weighted by atomic mass is 16.5. The van der Waals surface area contributed by atoms with Gasteiger partial charge in [0.1, 0.15) is 5.54 Å². The van der Waals surface area contributed by atoms with E-state index in [0.717, 1.165) is 37.7 Å². The zero-order valence-corrected chi connectivity index (χ0v) is 17.8. The third kappa shape index (κ3) is 4.13. The number of amides is 1. The summed E-state index contributed by atoms with van der Waals surface area (Å²) in [5.41, 5.74) is 2.05. The Morgan fingerprint density at radius 3 is 2.43 bits per heavy atom. The number of pyridine rings is 1. The molecular weight excluding hydrogens is 376 g/mol. The Kier molecular flexibility index (Phi) is 5.41. The molecule has 2 aromatic heterocycles. The smallest absolute Gasteiger partial charge is 0.252 e. The number of aromatic nitrogens is 3. The maximum atomic E-state index is 13.1. The fraction of sp³-hybridized carbons (Fsp3) is 0.417. The highest BCUT2D eigenvalue weighted by Gasteiger charge is 2.41. The standard InChI is InChI=1S/C24H28N4O2/c1-23(2,3)19-11-9-17(10-12-19)21(29)27-24(13-5-4-6-14-24)22-26-20(28-30-22)18-8-7-15-25-16-18/h7-12,15-16H,4-6,13-14H2,1-3H3,(H,27,29). The molecule has 3 aromatic rings. The Hall–Kier alpha value is -3.02. The summed E-state index contributed by atoms with van der Waals surface area (Å²) in [5, 5.41) is 7.39. The van der Waals surface area contributed by atoms with Crippen LogP contribution in [0, 0.1) is 0 Å². The van der Waals surface area contributed by atoms with E-state index in [-0.39, 0.29) is 11.3 Å². The summed E-state index contributed by atoms with van der Waals surface area (Å²) in [6, 6.07) is 11.6. The maximum Gasteiger partial charge on any atom is 0.252 e. The van der Waals surface area contributed by atoms with Crippen molar-refractivity contribution in [3.63, 3.8) is 0 Å². The summed E-state index contributed by atoms with van der Waals surface area (Å²) >= 11 is 0. The summed E-state index contributed by atoms with van der Waals surface area (Å²) < 4.78 is 5.66. The topological polar surface area (TPSA) is 80.9 Å². The summed E-state index contributed by atoms with van der Waals surface area (Å²) in [5.74, 6) is 0.853. The number of carbonyl (C=O) groups excluding carboxylic acids is 1. The largest absolute Gasteiger partial charge is 0.338 e. The molecule has 2 heterocycles. The molecule has 0 aliphatic heterocycles. The van der Waals surface area contributed by atoms with Crippen molar-refractivity contribution in [3.8, 4) is 11.4 Å². The van der Waals surface area contributed by atoms with Crippen molar-refractivity contribution >= 4 is 5.91 Å². The minimum absolute atomic E-state index is 0.0477. The van der Waals surface area contributed by atoms with E-state index >= 15 is 0 Å². The number of hydrogen-bond donors (Lipinski definition) is 1. The lowest BCUT2D eigenvalue weighted by Crippen LogP contribution is -2.47.